The number of amides is 2. The molecule has 6 nitrogen and oxygen atoms in total. The Labute approximate surface area is 142 Å². The molecular weight excluding hydrogens is 341 g/mol. The first-order valence-corrected chi connectivity index (χ1v) is 7.36. The fourth-order valence-electron chi connectivity index (χ4n) is 1.89. The van der Waals surface area contributed by atoms with Crippen molar-refractivity contribution in [3.8, 4) is 5.75 Å². The van der Waals surface area contributed by atoms with Crippen molar-refractivity contribution in [2.45, 2.75) is 13.5 Å². The van der Waals surface area contributed by atoms with Crippen LogP contribution in [0.3, 0.4) is 0 Å². The van der Waals surface area contributed by atoms with Gasteiger partial charge in [0, 0.05) is 19.1 Å². The Morgan fingerprint density at radius 3 is 2.43 bits per heavy atom. The molecule has 0 unspecified atom stereocenters. The van der Waals surface area contributed by atoms with Gasteiger partial charge in [-0.3, -0.25) is 9.59 Å². The van der Waals surface area contributed by atoms with Crippen LogP contribution in [0.15, 0.2) is 36.7 Å². The molecule has 0 aliphatic rings. The van der Waals surface area contributed by atoms with Crippen LogP contribution in [0.1, 0.15) is 6.92 Å². The van der Waals surface area contributed by atoms with Crippen molar-refractivity contribution < 1.29 is 19.3 Å². The number of aromatic nitrogens is 1. The minimum absolute atomic E-state index is 0.0585. The lowest BCUT2D eigenvalue weighted by molar-refractivity contribution is -0.684. The number of phenolic OH excluding ortho intramolecular Hbond substituents is 1. The molecule has 0 saturated heterocycles. The molecule has 0 spiro atoms. The number of carbonyl (C=O) groups excluding carboxylic acids is 2. The van der Waals surface area contributed by atoms with Crippen LogP contribution in [-0.4, -0.2) is 16.9 Å². The maximum atomic E-state index is 12.0. The Morgan fingerprint density at radius 2 is 1.83 bits per heavy atom. The lowest BCUT2D eigenvalue weighted by atomic mass is 10.2. The normalized spacial score (nSPS) is 10.2. The van der Waals surface area contributed by atoms with Crippen molar-refractivity contribution in [3.63, 3.8) is 0 Å². The molecule has 0 radical (unpaired) electrons. The van der Waals surface area contributed by atoms with E-state index in [1.807, 2.05) is 6.07 Å². The van der Waals surface area contributed by atoms with Crippen LogP contribution < -0.4 is 15.2 Å². The summed E-state index contributed by atoms with van der Waals surface area (Å²) < 4.78 is 1.67. The average molecular weight is 355 g/mol. The van der Waals surface area contributed by atoms with Gasteiger partial charge in [-0.25, -0.2) is 0 Å². The van der Waals surface area contributed by atoms with Gasteiger partial charge in [0.25, 0.3) is 5.91 Å². The van der Waals surface area contributed by atoms with E-state index in [1.54, 1.807) is 29.1 Å². The molecule has 120 valence electrons. The summed E-state index contributed by atoms with van der Waals surface area (Å²) >= 11 is 12.0. The van der Waals surface area contributed by atoms with Gasteiger partial charge in [-0.2, -0.15) is 4.57 Å². The Hall–Kier alpha value is -2.31. The minimum Gasteiger partial charge on any atom is -0.504 e. The lowest BCUT2D eigenvalue weighted by Crippen LogP contribution is -2.39. The molecular formula is C15H14Cl2N3O3+. The summed E-state index contributed by atoms with van der Waals surface area (Å²) in [5, 5.41) is 15.0. The van der Waals surface area contributed by atoms with Crippen LogP contribution in [0.2, 0.25) is 10.0 Å². The fourth-order valence-corrected chi connectivity index (χ4v) is 2.44. The number of halogens is 2. The summed E-state index contributed by atoms with van der Waals surface area (Å²) in [6.45, 7) is 1.35. The highest BCUT2D eigenvalue weighted by Gasteiger charge is 2.19. The summed E-state index contributed by atoms with van der Waals surface area (Å²) in [5.41, 5.74) is 0.157. The molecule has 2 amide bonds. The smallest absolute Gasteiger partial charge is 0.290 e. The van der Waals surface area contributed by atoms with Crippen molar-refractivity contribution in [2.24, 2.45) is 0 Å². The standard InChI is InChI=1S/C15H13Cl2N3O3/c1-9(21)18-14-10(16)7-11(15(23)13(14)17)19-12(22)8-20-5-3-2-4-6-20/h2-7H,8H2,1H3,(H2-,18,19,21,22,23)/p+1. The number of carbonyl (C=O) groups is 2. The zero-order valence-corrected chi connectivity index (χ0v) is 13.6. The first-order valence-electron chi connectivity index (χ1n) is 6.61. The van der Waals surface area contributed by atoms with Crippen LogP contribution in [0.4, 0.5) is 11.4 Å². The van der Waals surface area contributed by atoms with Crippen LogP contribution in [0.5, 0.6) is 5.75 Å². The van der Waals surface area contributed by atoms with E-state index in [4.69, 9.17) is 23.2 Å². The van der Waals surface area contributed by atoms with Gasteiger partial charge in [-0.1, -0.05) is 29.3 Å². The largest absolute Gasteiger partial charge is 0.504 e. The van der Waals surface area contributed by atoms with Crippen LogP contribution in [-0.2, 0) is 16.1 Å². The predicted molar refractivity (Wildman–Crippen MR) is 87.7 cm³/mol. The van der Waals surface area contributed by atoms with Gasteiger partial charge < -0.3 is 15.7 Å². The SMILES string of the molecule is CC(=O)Nc1c(Cl)cc(NC(=O)C[n+]2ccccc2)c(O)c1Cl. The summed E-state index contributed by atoms with van der Waals surface area (Å²) in [7, 11) is 0. The molecule has 0 atom stereocenters. The molecule has 0 saturated carbocycles. The number of hydrogen-bond acceptors (Lipinski definition) is 3. The van der Waals surface area contributed by atoms with Gasteiger partial charge in [0.2, 0.25) is 12.5 Å². The molecule has 0 bridgehead atoms. The van der Waals surface area contributed by atoms with Crippen molar-refractivity contribution in [2.75, 3.05) is 10.6 Å². The fraction of sp³-hybridized carbons (Fsp3) is 0.133. The van der Waals surface area contributed by atoms with E-state index in [9.17, 15) is 14.7 Å². The van der Waals surface area contributed by atoms with Crippen molar-refractivity contribution in [3.05, 3.63) is 46.7 Å². The summed E-state index contributed by atoms with van der Waals surface area (Å²) in [6, 6.07) is 6.74. The first-order chi connectivity index (χ1) is 10.9. The number of nitrogens with zero attached hydrogens (tertiary/aromatic N) is 1. The molecule has 2 aromatic rings. The molecule has 1 aromatic carbocycles. The second kappa shape index (κ2) is 7.30. The van der Waals surface area contributed by atoms with Crippen molar-refractivity contribution in [1.29, 1.82) is 0 Å². The molecule has 1 aromatic heterocycles. The minimum atomic E-state index is -0.384. The Morgan fingerprint density at radius 1 is 1.17 bits per heavy atom. The van der Waals surface area contributed by atoms with E-state index >= 15 is 0 Å². The van der Waals surface area contributed by atoms with Crippen molar-refractivity contribution in [1.82, 2.24) is 0 Å². The highest BCUT2D eigenvalue weighted by molar-refractivity contribution is 6.41. The molecule has 23 heavy (non-hydrogen) atoms. The van der Waals surface area contributed by atoms with Crippen LogP contribution in [0.25, 0.3) is 0 Å². The summed E-state index contributed by atoms with van der Waals surface area (Å²) in [6.07, 6.45) is 3.47. The van der Waals surface area contributed by atoms with E-state index < -0.39 is 0 Å². The number of rotatable bonds is 4. The predicted octanol–water partition coefficient (Wildman–Crippen LogP) is 2.58. The molecule has 1 heterocycles. The molecule has 0 aliphatic carbocycles. The number of hydrogen-bond donors (Lipinski definition) is 3. The average Bonchev–Trinajstić information content (AvgIpc) is 2.50. The van der Waals surface area contributed by atoms with E-state index in [1.165, 1.54) is 13.0 Å². The van der Waals surface area contributed by atoms with Crippen LogP contribution >= 0.6 is 23.2 Å². The topological polar surface area (TPSA) is 82.3 Å². The lowest BCUT2D eigenvalue weighted by Gasteiger charge is -2.13. The Kier molecular flexibility index (Phi) is 5.41. The van der Waals surface area contributed by atoms with Gasteiger partial charge in [0.15, 0.2) is 18.1 Å². The molecule has 8 heteroatoms. The first kappa shape index (κ1) is 17.1. The summed E-state index contributed by atoms with van der Waals surface area (Å²) in [4.78, 5) is 23.1. The number of pyridine rings is 1. The van der Waals surface area contributed by atoms with Gasteiger partial charge in [0.05, 0.1) is 16.4 Å². The third-order valence-corrected chi connectivity index (χ3v) is 3.54. The molecule has 0 aliphatic heterocycles. The highest BCUT2D eigenvalue weighted by atomic mass is 35.5. The number of phenols is 1. The quantitative estimate of drug-likeness (QED) is 0.582. The number of aromatic hydroxyl groups is 1. The van der Waals surface area contributed by atoms with E-state index in [-0.39, 0.29) is 45.5 Å². The van der Waals surface area contributed by atoms with Gasteiger partial charge in [0.1, 0.15) is 5.02 Å². The van der Waals surface area contributed by atoms with Crippen LogP contribution in [0, 0.1) is 0 Å². The number of benzene rings is 1. The zero-order chi connectivity index (χ0) is 17.0. The van der Waals surface area contributed by atoms with Gasteiger partial charge >= 0.3 is 0 Å². The van der Waals surface area contributed by atoms with Gasteiger partial charge in [-0.15, -0.1) is 0 Å². The molecule has 3 N–H and O–H groups in total. The molecule has 2 rings (SSSR count). The Bertz CT molecular complexity index is 751. The third-order valence-electron chi connectivity index (χ3n) is 2.87. The number of nitrogens with one attached hydrogen (secondary N) is 2. The monoisotopic (exact) mass is 354 g/mol. The van der Waals surface area contributed by atoms with E-state index in [2.05, 4.69) is 10.6 Å². The second-order valence-electron chi connectivity index (χ2n) is 4.72. The van der Waals surface area contributed by atoms with Crippen molar-refractivity contribution >= 4 is 46.4 Å². The molecule has 0 fully saturated rings. The highest BCUT2D eigenvalue weighted by Crippen LogP contribution is 2.42. The third kappa shape index (κ3) is 4.34. The van der Waals surface area contributed by atoms with E-state index in [0.29, 0.717) is 0 Å². The maximum absolute atomic E-state index is 12.0. The maximum Gasteiger partial charge on any atom is 0.290 e. The Balaban J connectivity index is 2.20. The second-order valence-corrected chi connectivity index (χ2v) is 5.51. The summed E-state index contributed by atoms with van der Waals surface area (Å²) in [5.74, 6) is -1.12. The zero-order valence-electron chi connectivity index (χ0n) is 12.1. The van der Waals surface area contributed by atoms with E-state index in [0.717, 1.165) is 0 Å². The van der Waals surface area contributed by atoms with Gasteiger partial charge in [-0.05, 0) is 6.07 Å². The number of anilines is 2.